The van der Waals surface area contributed by atoms with Crippen LogP contribution in [0.2, 0.25) is 0 Å². The summed E-state index contributed by atoms with van der Waals surface area (Å²) >= 11 is 0. The number of hydrogen-bond donors (Lipinski definition) is 2. The van der Waals surface area contributed by atoms with Crippen LogP contribution < -0.4 is 0 Å². The van der Waals surface area contributed by atoms with E-state index in [9.17, 15) is 15.0 Å². The summed E-state index contributed by atoms with van der Waals surface area (Å²) in [6, 6.07) is 0. The molecule has 0 aliphatic heterocycles. The molecule has 4 rings (SSSR count). The van der Waals surface area contributed by atoms with E-state index in [1.807, 2.05) is 6.92 Å². The Bertz CT molecular complexity index is 604. The third-order valence-electron chi connectivity index (χ3n) is 8.66. The van der Waals surface area contributed by atoms with Crippen LogP contribution in [0.3, 0.4) is 0 Å². The molecular formula is C22H34O3. The van der Waals surface area contributed by atoms with Crippen LogP contribution >= 0.6 is 0 Å². The van der Waals surface area contributed by atoms with Gasteiger partial charge in [-0.3, -0.25) is 4.79 Å². The monoisotopic (exact) mass is 346 g/mol. The van der Waals surface area contributed by atoms with E-state index in [1.54, 1.807) is 5.57 Å². The van der Waals surface area contributed by atoms with Crippen LogP contribution in [-0.2, 0) is 4.79 Å². The van der Waals surface area contributed by atoms with Crippen LogP contribution in [0.1, 0.15) is 72.1 Å². The molecule has 3 saturated carbocycles. The van der Waals surface area contributed by atoms with Crippen LogP contribution in [-0.4, -0.2) is 28.2 Å². The largest absolute Gasteiger partial charge is 0.390 e. The predicted octanol–water partition coefficient (Wildman–Crippen LogP) is 3.88. The highest BCUT2D eigenvalue weighted by Gasteiger charge is 2.58. The minimum Gasteiger partial charge on any atom is -0.390 e. The molecule has 0 heterocycles. The highest BCUT2D eigenvalue weighted by Crippen LogP contribution is 2.64. The molecule has 3 heteroatoms. The van der Waals surface area contributed by atoms with E-state index in [0.717, 1.165) is 50.9 Å². The SMILES string of the molecule is CC1=C2C[C@@](C)(O)CC[C@@H]2[C@H]2CC[C@]3(C)[C@@H](C(=O)CO)CC[C@H]3[C@@H]2C1. The van der Waals surface area contributed by atoms with Crippen LogP contribution in [0.4, 0.5) is 0 Å². The molecule has 0 aromatic heterocycles. The minimum atomic E-state index is -0.519. The normalized spacial score (nSPS) is 49.4. The molecular weight excluding hydrogens is 312 g/mol. The Morgan fingerprint density at radius 3 is 2.60 bits per heavy atom. The summed E-state index contributed by atoms with van der Waals surface area (Å²) in [5, 5.41) is 19.9. The van der Waals surface area contributed by atoms with Crippen molar-refractivity contribution >= 4 is 5.78 Å². The lowest BCUT2D eigenvalue weighted by Crippen LogP contribution is -2.49. The third-order valence-corrected chi connectivity index (χ3v) is 8.66. The fourth-order valence-corrected chi connectivity index (χ4v) is 7.44. The minimum absolute atomic E-state index is 0.0703. The molecule has 3 nitrogen and oxygen atoms in total. The smallest absolute Gasteiger partial charge is 0.161 e. The molecule has 4 aliphatic rings. The number of fused-ring (bicyclic) bond motifs is 5. The summed E-state index contributed by atoms with van der Waals surface area (Å²) in [5.74, 6) is 2.88. The molecule has 4 aliphatic carbocycles. The van der Waals surface area contributed by atoms with E-state index in [1.165, 1.54) is 12.0 Å². The molecule has 0 aromatic carbocycles. The first-order valence-corrected chi connectivity index (χ1v) is 10.3. The Morgan fingerprint density at radius 2 is 1.88 bits per heavy atom. The number of rotatable bonds is 2. The number of allylic oxidation sites excluding steroid dienone is 1. The maximum absolute atomic E-state index is 12.3. The molecule has 7 atom stereocenters. The van der Waals surface area contributed by atoms with Gasteiger partial charge in [-0.25, -0.2) is 0 Å². The molecule has 0 aromatic rings. The van der Waals surface area contributed by atoms with Crippen molar-refractivity contribution in [2.24, 2.45) is 35.0 Å². The second-order valence-electron chi connectivity index (χ2n) is 10.1. The number of ketones is 1. The van der Waals surface area contributed by atoms with Gasteiger partial charge in [0.15, 0.2) is 5.78 Å². The molecule has 0 spiro atoms. The Morgan fingerprint density at radius 1 is 1.12 bits per heavy atom. The molecule has 0 bridgehead atoms. The van der Waals surface area contributed by atoms with Gasteiger partial charge in [0.05, 0.1) is 5.60 Å². The van der Waals surface area contributed by atoms with Crippen molar-refractivity contribution in [1.29, 1.82) is 0 Å². The average molecular weight is 347 g/mol. The predicted molar refractivity (Wildman–Crippen MR) is 97.9 cm³/mol. The van der Waals surface area contributed by atoms with Crippen LogP contribution in [0.25, 0.3) is 0 Å². The van der Waals surface area contributed by atoms with Gasteiger partial charge in [-0.05, 0) is 94.3 Å². The number of carbonyl (C=O) groups is 1. The van der Waals surface area contributed by atoms with Crippen molar-refractivity contribution in [2.75, 3.05) is 6.61 Å². The fraction of sp³-hybridized carbons (Fsp3) is 0.864. The Kier molecular flexibility index (Phi) is 4.20. The fourth-order valence-electron chi connectivity index (χ4n) is 7.44. The van der Waals surface area contributed by atoms with Crippen molar-refractivity contribution in [3.8, 4) is 0 Å². The van der Waals surface area contributed by atoms with Crippen molar-refractivity contribution < 1.29 is 15.0 Å². The Balaban J connectivity index is 1.63. The number of carbonyl (C=O) groups excluding carboxylic acids is 1. The maximum Gasteiger partial charge on any atom is 0.161 e. The molecule has 3 fully saturated rings. The lowest BCUT2D eigenvalue weighted by Gasteiger charge is -2.55. The molecule has 140 valence electrons. The van der Waals surface area contributed by atoms with E-state index in [0.29, 0.717) is 17.8 Å². The number of hydrogen-bond acceptors (Lipinski definition) is 3. The van der Waals surface area contributed by atoms with E-state index >= 15 is 0 Å². The summed E-state index contributed by atoms with van der Waals surface area (Å²) in [6.07, 6.45) is 8.55. The average Bonchev–Trinajstić information content (AvgIpc) is 2.91. The van der Waals surface area contributed by atoms with Crippen molar-refractivity contribution in [2.45, 2.75) is 77.7 Å². The lowest BCUT2D eigenvalue weighted by molar-refractivity contribution is -0.131. The summed E-state index contributed by atoms with van der Waals surface area (Å²) in [4.78, 5) is 12.3. The van der Waals surface area contributed by atoms with Crippen LogP contribution in [0, 0.1) is 35.0 Å². The van der Waals surface area contributed by atoms with Gasteiger partial charge in [0.1, 0.15) is 6.61 Å². The zero-order valence-electron chi connectivity index (χ0n) is 16.1. The third kappa shape index (κ3) is 2.65. The van der Waals surface area contributed by atoms with E-state index in [4.69, 9.17) is 0 Å². The first-order chi connectivity index (χ1) is 11.8. The second-order valence-corrected chi connectivity index (χ2v) is 10.1. The summed E-state index contributed by atoms with van der Waals surface area (Å²) < 4.78 is 0. The molecule has 0 unspecified atom stereocenters. The summed E-state index contributed by atoms with van der Waals surface area (Å²) in [5.41, 5.74) is 2.66. The van der Waals surface area contributed by atoms with Crippen LogP contribution in [0.15, 0.2) is 11.1 Å². The lowest BCUT2D eigenvalue weighted by atomic mass is 9.50. The molecule has 0 saturated heterocycles. The highest BCUT2D eigenvalue weighted by molar-refractivity contribution is 5.83. The van der Waals surface area contributed by atoms with E-state index in [2.05, 4.69) is 13.8 Å². The molecule has 0 amide bonds. The Hall–Kier alpha value is -0.670. The Labute approximate surface area is 151 Å². The van der Waals surface area contributed by atoms with Gasteiger partial charge >= 0.3 is 0 Å². The van der Waals surface area contributed by atoms with Crippen molar-refractivity contribution in [1.82, 2.24) is 0 Å². The standard InChI is InChI=1S/C22H34O3/c1-13-10-16-14(15-6-8-21(2,25)11-17(13)15)7-9-22(3)18(16)4-5-19(22)20(24)12-23/h14-16,18-19,23,25H,4-12H2,1-3H3/t14-,15-,16-,18+,19-,21+,22+/m1/s1. The molecule has 25 heavy (non-hydrogen) atoms. The number of Topliss-reactive ketones (excluding diaryl/α,β-unsaturated/α-hetero) is 1. The molecule has 2 N–H and O–H groups in total. The van der Waals surface area contributed by atoms with Crippen molar-refractivity contribution in [3.05, 3.63) is 11.1 Å². The van der Waals surface area contributed by atoms with Gasteiger partial charge in [-0.2, -0.15) is 0 Å². The summed E-state index contributed by atoms with van der Waals surface area (Å²) in [6.45, 7) is 6.33. The first-order valence-electron chi connectivity index (χ1n) is 10.3. The number of aliphatic hydroxyl groups is 2. The van der Waals surface area contributed by atoms with Gasteiger partial charge in [-0.1, -0.05) is 18.1 Å². The van der Waals surface area contributed by atoms with Crippen molar-refractivity contribution in [3.63, 3.8) is 0 Å². The zero-order valence-corrected chi connectivity index (χ0v) is 16.1. The molecule has 0 radical (unpaired) electrons. The maximum atomic E-state index is 12.3. The first kappa shape index (κ1) is 17.7. The zero-order chi connectivity index (χ0) is 18.0. The van der Waals surface area contributed by atoms with Gasteiger partial charge < -0.3 is 10.2 Å². The summed E-state index contributed by atoms with van der Waals surface area (Å²) in [7, 11) is 0. The highest BCUT2D eigenvalue weighted by atomic mass is 16.3. The van der Waals surface area contributed by atoms with E-state index < -0.39 is 5.60 Å². The second kappa shape index (κ2) is 5.92. The van der Waals surface area contributed by atoms with E-state index in [-0.39, 0.29) is 23.7 Å². The van der Waals surface area contributed by atoms with Crippen LogP contribution in [0.5, 0.6) is 0 Å². The topological polar surface area (TPSA) is 57.5 Å². The van der Waals surface area contributed by atoms with Gasteiger partial charge in [0, 0.05) is 5.92 Å². The van der Waals surface area contributed by atoms with Gasteiger partial charge in [0.25, 0.3) is 0 Å². The van der Waals surface area contributed by atoms with Gasteiger partial charge in [0.2, 0.25) is 0 Å². The van der Waals surface area contributed by atoms with Gasteiger partial charge in [-0.15, -0.1) is 0 Å². The quantitative estimate of drug-likeness (QED) is 0.746. The number of aliphatic hydroxyl groups excluding tert-OH is 1.